The number of aromatic nitrogens is 2. The molecular weight excluding hydrogens is 290 g/mol. The van der Waals surface area contributed by atoms with Gasteiger partial charge in [-0.1, -0.05) is 6.42 Å². The van der Waals surface area contributed by atoms with Gasteiger partial charge < -0.3 is 15.2 Å². The summed E-state index contributed by atoms with van der Waals surface area (Å²) in [5.41, 5.74) is 1.93. The Kier molecular flexibility index (Phi) is 5.08. The first-order valence-electron chi connectivity index (χ1n) is 8.18. The van der Waals surface area contributed by atoms with Gasteiger partial charge in [0.2, 0.25) is 5.88 Å². The Labute approximate surface area is 136 Å². The number of hydrogen-bond donors (Lipinski definition) is 2. The molecule has 5 heteroatoms. The molecule has 0 aliphatic carbocycles. The number of piperidine rings is 1. The van der Waals surface area contributed by atoms with Gasteiger partial charge in [0.1, 0.15) is 5.75 Å². The topological polar surface area (TPSA) is 67.3 Å². The first kappa shape index (κ1) is 15.7. The van der Waals surface area contributed by atoms with Crippen LogP contribution in [0.3, 0.4) is 0 Å². The number of nitrogens with one attached hydrogen (secondary N) is 1. The number of phenolic OH excluding ortho intramolecular Hbond substituents is 1. The lowest BCUT2D eigenvalue weighted by Gasteiger charge is -2.23. The molecule has 0 saturated carbocycles. The largest absolute Gasteiger partial charge is 0.508 e. The maximum absolute atomic E-state index is 10.0. The van der Waals surface area contributed by atoms with Crippen molar-refractivity contribution in [3.8, 4) is 23.0 Å². The van der Waals surface area contributed by atoms with Gasteiger partial charge in [0.25, 0.3) is 0 Å². The fourth-order valence-corrected chi connectivity index (χ4v) is 3.05. The zero-order valence-corrected chi connectivity index (χ0v) is 13.5. The lowest BCUT2D eigenvalue weighted by molar-refractivity contribution is 0.382. The Morgan fingerprint density at radius 2 is 2.22 bits per heavy atom. The van der Waals surface area contributed by atoms with Crippen molar-refractivity contribution in [3.63, 3.8) is 0 Å². The molecular formula is C18H23N3O2. The summed E-state index contributed by atoms with van der Waals surface area (Å²) in [5, 5.41) is 13.6. The Morgan fingerprint density at radius 1 is 1.30 bits per heavy atom. The summed E-state index contributed by atoms with van der Waals surface area (Å²) in [6, 6.07) is 7.87. The van der Waals surface area contributed by atoms with Crippen molar-refractivity contribution in [2.45, 2.75) is 38.1 Å². The van der Waals surface area contributed by atoms with Gasteiger partial charge in [-0.2, -0.15) is 4.98 Å². The molecule has 0 bridgehead atoms. The van der Waals surface area contributed by atoms with Gasteiger partial charge >= 0.3 is 0 Å². The third kappa shape index (κ3) is 4.20. The summed E-state index contributed by atoms with van der Waals surface area (Å²) in [6.07, 6.45) is 7.51. The van der Waals surface area contributed by atoms with Crippen molar-refractivity contribution in [2.24, 2.45) is 0 Å². The maximum Gasteiger partial charge on any atom is 0.216 e. The second kappa shape index (κ2) is 7.42. The lowest BCUT2D eigenvalue weighted by Crippen LogP contribution is -2.34. The standard InChI is InChI=1S/C18H23N3O2/c1-23-17-7-9-20-18(21-17)14-10-13(11-16(22)12-14)5-6-15-4-2-3-8-19-15/h7,9-12,15,19,22H,2-6,8H2,1H3. The molecule has 1 unspecified atom stereocenters. The van der Waals surface area contributed by atoms with E-state index in [1.165, 1.54) is 19.3 Å². The summed E-state index contributed by atoms with van der Waals surface area (Å²) in [7, 11) is 1.58. The van der Waals surface area contributed by atoms with E-state index in [2.05, 4.69) is 21.4 Å². The van der Waals surface area contributed by atoms with Crippen LogP contribution in [0, 0.1) is 0 Å². The van der Waals surface area contributed by atoms with E-state index in [0.29, 0.717) is 17.7 Å². The van der Waals surface area contributed by atoms with E-state index in [0.717, 1.165) is 30.5 Å². The smallest absolute Gasteiger partial charge is 0.216 e. The molecule has 2 aromatic rings. The average Bonchev–Trinajstić information content (AvgIpc) is 2.60. The number of hydrogen-bond acceptors (Lipinski definition) is 5. The Morgan fingerprint density at radius 3 is 3.00 bits per heavy atom. The zero-order valence-electron chi connectivity index (χ0n) is 13.5. The molecule has 1 atom stereocenters. The molecule has 1 aromatic carbocycles. The molecule has 2 heterocycles. The highest BCUT2D eigenvalue weighted by Crippen LogP contribution is 2.25. The Hall–Kier alpha value is -2.14. The van der Waals surface area contributed by atoms with Crippen molar-refractivity contribution >= 4 is 0 Å². The van der Waals surface area contributed by atoms with Gasteiger partial charge in [-0.3, -0.25) is 0 Å². The molecule has 0 spiro atoms. The maximum atomic E-state index is 10.0. The second-order valence-corrected chi connectivity index (χ2v) is 6.00. The number of phenols is 1. The molecule has 23 heavy (non-hydrogen) atoms. The third-order valence-electron chi connectivity index (χ3n) is 4.27. The molecule has 1 aliphatic rings. The predicted molar refractivity (Wildman–Crippen MR) is 89.6 cm³/mol. The van der Waals surface area contributed by atoms with Crippen LogP contribution in [0.1, 0.15) is 31.2 Å². The van der Waals surface area contributed by atoms with Crippen LogP contribution in [0.2, 0.25) is 0 Å². The Bertz CT molecular complexity index is 654. The number of ether oxygens (including phenoxy) is 1. The van der Waals surface area contributed by atoms with Gasteiger partial charge in [-0.25, -0.2) is 4.98 Å². The van der Waals surface area contributed by atoms with E-state index < -0.39 is 0 Å². The summed E-state index contributed by atoms with van der Waals surface area (Å²) in [4.78, 5) is 8.61. The number of aryl methyl sites for hydroxylation is 1. The van der Waals surface area contributed by atoms with E-state index in [9.17, 15) is 5.11 Å². The molecule has 1 fully saturated rings. The molecule has 1 saturated heterocycles. The van der Waals surface area contributed by atoms with Crippen LogP contribution in [0.4, 0.5) is 0 Å². The number of rotatable bonds is 5. The quantitative estimate of drug-likeness (QED) is 0.888. The van der Waals surface area contributed by atoms with Crippen LogP contribution < -0.4 is 10.1 Å². The van der Waals surface area contributed by atoms with Crippen LogP contribution in [0.5, 0.6) is 11.6 Å². The van der Waals surface area contributed by atoms with Crippen LogP contribution in [-0.2, 0) is 6.42 Å². The minimum Gasteiger partial charge on any atom is -0.508 e. The van der Waals surface area contributed by atoms with E-state index >= 15 is 0 Å². The normalized spacial score (nSPS) is 17.9. The molecule has 0 amide bonds. The molecule has 2 N–H and O–H groups in total. The lowest BCUT2D eigenvalue weighted by atomic mass is 9.97. The number of aromatic hydroxyl groups is 1. The monoisotopic (exact) mass is 313 g/mol. The van der Waals surface area contributed by atoms with E-state index in [4.69, 9.17) is 4.74 Å². The van der Waals surface area contributed by atoms with Crippen LogP contribution in [-0.4, -0.2) is 34.8 Å². The first-order valence-corrected chi connectivity index (χ1v) is 8.18. The summed E-state index contributed by atoms with van der Waals surface area (Å²) in [6.45, 7) is 1.12. The van der Waals surface area contributed by atoms with E-state index in [-0.39, 0.29) is 5.75 Å². The highest BCUT2D eigenvalue weighted by molar-refractivity contribution is 5.59. The summed E-state index contributed by atoms with van der Waals surface area (Å²) >= 11 is 0. The van der Waals surface area contributed by atoms with Crippen molar-refractivity contribution in [1.82, 2.24) is 15.3 Å². The van der Waals surface area contributed by atoms with Crippen LogP contribution >= 0.6 is 0 Å². The Balaban J connectivity index is 1.75. The molecule has 3 rings (SSSR count). The van der Waals surface area contributed by atoms with Crippen LogP contribution in [0.25, 0.3) is 11.4 Å². The first-order chi connectivity index (χ1) is 11.2. The van der Waals surface area contributed by atoms with Crippen molar-refractivity contribution in [1.29, 1.82) is 0 Å². The zero-order chi connectivity index (χ0) is 16.1. The minimum absolute atomic E-state index is 0.250. The summed E-state index contributed by atoms with van der Waals surface area (Å²) < 4.78 is 5.14. The van der Waals surface area contributed by atoms with Gasteiger partial charge in [-0.15, -0.1) is 0 Å². The fourth-order valence-electron chi connectivity index (χ4n) is 3.05. The van der Waals surface area contributed by atoms with Gasteiger partial charge in [0, 0.05) is 23.9 Å². The molecule has 1 aromatic heterocycles. The highest BCUT2D eigenvalue weighted by atomic mass is 16.5. The number of benzene rings is 1. The van der Waals surface area contributed by atoms with Crippen LogP contribution in [0.15, 0.2) is 30.5 Å². The SMILES string of the molecule is COc1ccnc(-c2cc(O)cc(CCC3CCCCN3)c2)n1. The van der Waals surface area contributed by atoms with E-state index in [1.807, 2.05) is 6.07 Å². The molecule has 5 nitrogen and oxygen atoms in total. The molecule has 122 valence electrons. The van der Waals surface area contributed by atoms with Crippen molar-refractivity contribution in [3.05, 3.63) is 36.0 Å². The third-order valence-corrected chi connectivity index (χ3v) is 4.27. The highest BCUT2D eigenvalue weighted by Gasteiger charge is 2.13. The fraction of sp³-hybridized carbons (Fsp3) is 0.444. The van der Waals surface area contributed by atoms with E-state index in [1.54, 1.807) is 25.4 Å². The second-order valence-electron chi connectivity index (χ2n) is 6.00. The van der Waals surface area contributed by atoms with Gasteiger partial charge in [0.15, 0.2) is 5.82 Å². The van der Waals surface area contributed by atoms with Crippen molar-refractivity contribution in [2.75, 3.05) is 13.7 Å². The van der Waals surface area contributed by atoms with Gasteiger partial charge in [0.05, 0.1) is 7.11 Å². The van der Waals surface area contributed by atoms with Crippen molar-refractivity contribution < 1.29 is 9.84 Å². The molecule has 0 radical (unpaired) electrons. The number of methoxy groups -OCH3 is 1. The molecule has 1 aliphatic heterocycles. The average molecular weight is 313 g/mol. The minimum atomic E-state index is 0.250. The predicted octanol–water partition coefficient (Wildman–Crippen LogP) is 2.93. The van der Waals surface area contributed by atoms with Gasteiger partial charge in [-0.05, 0) is 56.0 Å². The summed E-state index contributed by atoms with van der Waals surface area (Å²) in [5.74, 6) is 1.34. The number of nitrogens with zero attached hydrogens (tertiary/aromatic N) is 2.